The number of hydrogen-bond acceptors (Lipinski definition) is 6. The summed E-state index contributed by atoms with van der Waals surface area (Å²) in [4.78, 5) is 20.2. The van der Waals surface area contributed by atoms with Crippen molar-refractivity contribution in [2.24, 2.45) is 11.5 Å². The molecule has 0 aliphatic heterocycles. The molecule has 0 saturated heterocycles. The highest BCUT2D eigenvalue weighted by Crippen LogP contribution is 2.27. The molecule has 0 spiro atoms. The maximum atomic E-state index is 14.6. The quantitative estimate of drug-likeness (QED) is 0.510. The molecule has 6 N–H and O–H groups in total. The molecule has 2 aromatic heterocycles. The minimum absolute atomic E-state index is 0.00959. The lowest BCUT2D eigenvalue weighted by Gasteiger charge is -2.30. The number of benzene rings is 1. The second kappa shape index (κ2) is 8.19. The van der Waals surface area contributed by atoms with Crippen molar-refractivity contribution in [1.29, 1.82) is 0 Å². The summed E-state index contributed by atoms with van der Waals surface area (Å²) in [5, 5.41) is 6.57. The molecule has 156 valence electrons. The Bertz CT molecular complexity index is 1110. The van der Waals surface area contributed by atoms with E-state index in [-0.39, 0.29) is 34.8 Å². The molecular weight excluding hydrogens is 390 g/mol. The zero-order valence-corrected chi connectivity index (χ0v) is 16.2. The Balaban J connectivity index is 1.68. The van der Waals surface area contributed by atoms with Crippen LogP contribution in [0.2, 0.25) is 0 Å². The standard InChI is InChI=1S/C21H22F2N6O/c22-14-5-3-4-11-8-12(10-26-18(11)14)27-20-13(19(25)30)9-15(23)21(29-20)28-17-7-2-1-6-16(17)24/h3-5,8-10,16-17H,1-2,6-7,24H2,(H2,25,30)(H2,27,28,29). The maximum Gasteiger partial charge on any atom is 0.252 e. The highest BCUT2D eigenvalue weighted by molar-refractivity contribution is 5.99. The summed E-state index contributed by atoms with van der Waals surface area (Å²) in [6.45, 7) is 0. The smallest absolute Gasteiger partial charge is 0.252 e. The summed E-state index contributed by atoms with van der Waals surface area (Å²) >= 11 is 0. The van der Waals surface area contributed by atoms with Crippen LogP contribution in [0.3, 0.4) is 0 Å². The molecule has 4 rings (SSSR count). The van der Waals surface area contributed by atoms with Crippen molar-refractivity contribution in [2.45, 2.75) is 37.8 Å². The third-order valence-corrected chi connectivity index (χ3v) is 5.31. The van der Waals surface area contributed by atoms with Gasteiger partial charge in [0.25, 0.3) is 5.91 Å². The summed E-state index contributed by atoms with van der Waals surface area (Å²) in [6, 6.07) is 7.09. The van der Waals surface area contributed by atoms with Crippen LogP contribution < -0.4 is 22.1 Å². The molecule has 2 heterocycles. The van der Waals surface area contributed by atoms with Crippen molar-refractivity contribution in [3.05, 3.63) is 53.7 Å². The molecule has 30 heavy (non-hydrogen) atoms. The van der Waals surface area contributed by atoms with Crippen LogP contribution >= 0.6 is 0 Å². The number of amides is 1. The largest absolute Gasteiger partial charge is 0.365 e. The summed E-state index contributed by atoms with van der Waals surface area (Å²) in [5.41, 5.74) is 12.1. The van der Waals surface area contributed by atoms with Crippen LogP contribution in [0, 0.1) is 11.6 Å². The van der Waals surface area contributed by atoms with Crippen LogP contribution in [0.5, 0.6) is 0 Å². The number of hydrogen-bond donors (Lipinski definition) is 4. The van der Waals surface area contributed by atoms with Gasteiger partial charge in [0.1, 0.15) is 17.2 Å². The van der Waals surface area contributed by atoms with E-state index in [9.17, 15) is 13.6 Å². The second-order valence-electron chi connectivity index (χ2n) is 7.44. The van der Waals surface area contributed by atoms with Crippen molar-refractivity contribution >= 4 is 34.1 Å². The molecule has 0 bridgehead atoms. The lowest BCUT2D eigenvalue weighted by Crippen LogP contribution is -2.43. The molecule has 1 amide bonds. The van der Waals surface area contributed by atoms with E-state index in [1.807, 2.05) is 0 Å². The number of fused-ring (bicyclic) bond motifs is 1. The number of nitrogens with zero attached hydrogens (tertiary/aromatic N) is 2. The Hall–Kier alpha value is -3.33. The van der Waals surface area contributed by atoms with E-state index >= 15 is 0 Å². The first-order valence-corrected chi connectivity index (χ1v) is 9.76. The molecule has 2 atom stereocenters. The van der Waals surface area contributed by atoms with Crippen LogP contribution in [0.25, 0.3) is 10.9 Å². The van der Waals surface area contributed by atoms with Crippen LogP contribution in [-0.2, 0) is 0 Å². The van der Waals surface area contributed by atoms with Gasteiger partial charge in [-0.2, -0.15) is 0 Å². The van der Waals surface area contributed by atoms with Gasteiger partial charge in [0.15, 0.2) is 11.6 Å². The number of primary amides is 1. The summed E-state index contributed by atoms with van der Waals surface area (Å²) in [5.74, 6) is -1.89. The van der Waals surface area contributed by atoms with Crippen LogP contribution in [0.4, 0.5) is 26.1 Å². The van der Waals surface area contributed by atoms with E-state index in [4.69, 9.17) is 11.5 Å². The van der Waals surface area contributed by atoms with E-state index in [1.54, 1.807) is 18.2 Å². The molecular formula is C21H22F2N6O. The highest BCUT2D eigenvalue weighted by Gasteiger charge is 2.24. The molecule has 9 heteroatoms. The predicted octanol–water partition coefficient (Wildman–Crippen LogP) is 3.43. The monoisotopic (exact) mass is 412 g/mol. The van der Waals surface area contributed by atoms with Gasteiger partial charge in [-0.05, 0) is 31.0 Å². The zero-order valence-electron chi connectivity index (χ0n) is 16.2. The number of carbonyl (C=O) groups excluding carboxylic acids is 1. The van der Waals surface area contributed by atoms with Crippen molar-refractivity contribution in [3.8, 4) is 0 Å². The third kappa shape index (κ3) is 4.02. The number of nitrogens with two attached hydrogens (primary N) is 2. The van der Waals surface area contributed by atoms with E-state index in [1.165, 1.54) is 12.3 Å². The van der Waals surface area contributed by atoms with E-state index in [2.05, 4.69) is 20.6 Å². The highest BCUT2D eigenvalue weighted by atomic mass is 19.1. The van der Waals surface area contributed by atoms with Crippen molar-refractivity contribution in [2.75, 3.05) is 10.6 Å². The van der Waals surface area contributed by atoms with Gasteiger partial charge in [0.05, 0.1) is 17.4 Å². The molecule has 1 aliphatic rings. The van der Waals surface area contributed by atoms with Crippen molar-refractivity contribution < 1.29 is 13.6 Å². The van der Waals surface area contributed by atoms with Gasteiger partial charge in [0.2, 0.25) is 0 Å². The number of pyridine rings is 2. The van der Waals surface area contributed by atoms with Crippen LogP contribution in [-0.4, -0.2) is 28.0 Å². The van der Waals surface area contributed by atoms with Gasteiger partial charge < -0.3 is 22.1 Å². The molecule has 2 unspecified atom stereocenters. The lowest BCUT2D eigenvalue weighted by atomic mass is 9.91. The normalized spacial score (nSPS) is 18.9. The second-order valence-corrected chi connectivity index (χ2v) is 7.44. The summed E-state index contributed by atoms with van der Waals surface area (Å²) in [6.07, 6.45) is 5.10. The zero-order chi connectivity index (χ0) is 21.3. The van der Waals surface area contributed by atoms with Gasteiger partial charge in [-0.15, -0.1) is 0 Å². The Morgan fingerprint density at radius 3 is 2.67 bits per heavy atom. The molecule has 1 fully saturated rings. The van der Waals surface area contributed by atoms with Crippen LogP contribution in [0.1, 0.15) is 36.0 Å². The molecule has 1 aromatic carbocycles. The number of halogens is 2. The van der Waals surface area contributed by atoms with Crippen LogP contribution in [0.15, 0.2) is 36.5 Å². The average Bonchev–Trinajstić information content (AvgIpc) is 2.72. The molecule has 1 saturated carbocycles. The average molecular weight is 412 g/mol. The number of aromatic nitrogens is 2. The molecule has 3 aromatic rings. The fourth-order valence-corrected chi connectivity index (χ4v) is 3.72. The topological polar surface area (TPSA) is 119 Å². The molecule has 0 radical (unpaired) electrons. The predicted molar refractivity (Wildman–Crippen MR) is 112 cm³/mol. The minimum Gasteiger partial charge on any atom is -0.365 e. The van der Waals surface area contributed by atoms with Gasteiger partial charge >= 0.3 is 0 Å². The summed E-state index contributed by atoms with van der Waals surface area (Å²) < 4.78 is 28.5. The number of anilines is 3. The van der Waals surface area contributed by atoms with Crippen molar-refractivity contribution in [3.63, 3.8) is 0 Å². The molecule has 1 aliphatic carbocycles. The number of rotatable bonds is 5. The maximum absolute atomic E-state index is 14.6. The fraction of sp³-hybridized carbons (Fsp3) is 0.286. The van der Waals surface area contributed by atoms with E-state index < -0.39 is 17.5 Å². The minimum atomic E-state index is -0.829. The Morgan fingerprint density at radius 2 is 1.90 bits per heavy atom. The molecule has 7 nitrogen and oxygen atoms in total. The summed E-state index contributed by atoms with van der Waals surface area (Å²) in [7, 11) is 0. The lowest BCUT2D eigenvalue weighted by molar-refractivity contribution is 0.100. The fourth-order valence-electron chi connectivity index (χ4n) is 3.72. The first-order chi connectivity index (χ1) is 14.4. The SMILES string of the molecule is NC(=O)c1cc(F)c(NC2CCCCC2N)nc1Nc1cnc2c(F)cccc2c1. The van der Waals surface area contributed by atoms with Crippen molar-refractivity contribution in [1.82, 2.24) is 9.97 Å². The third-order valence-electron chi connectivity index (χ3n) is 5.31. The Morgan fingerprint density at radius 1 is 1.10 bits per heavy atom. The first kappa shape index (κ1) is 20.0. The van der Waals surface area contributed by atoms with Gasteiger partial charge in [-0.3, -0.25) is 9.78 Å². The number of carbonyl (C=O) groups is 1. The van der Waals surface area contributed by atoms with Gasteiger partial charge in [-0.1, -0.05) is 25.0 Å². The first-order valence-electron chi connectivity index (χ1n) is 9.76. The van der Waals surface area contributed by atoms with Gasteiger partial charge in [0, 0.05) is 17.5 Å². The number of para-hydroxylation sites is 1. The van der Waals surface area contributed by atoms with Gasteiger partial charge in [-0.25, -0.2) is 13.8 Å². The van der Waals surface area contributed by atoms with E-state index in [0.717, 1.165) is 31.7 Å². The number of nitrogens with one attached hydrogen (secondary N) is 2. The Labute approximate surface area is 171 Å². The van der Waals surface area contributed by atoms with E-state index in [0.29, 0.717) is 11.1 Å². The Kier molecular flexibility index (Phi) is 5.45.